The smallest absolute Gasteiger partial charge is 0.322 e. The van der Waals surface area contributed by atoms with Crippen molar-refractivity contribution in [3.8, 4) is 0 Å². The molecule has 4 amide bonds. The fourth-order valence-corrected chi connectivity index (χ4v) is 5.39. The second-order valence-corrected chi connectivity index (χ2v) is 9.08. The number of halogens is 1. The van der Waals surface area contributed by atoms with Crippen LogP contribution < -0.4 is 16.0 Å². The molecule has 4 aliphatic rings. The highest BCUT2D eigenvalue weighted by Gasteiger charge is 2.60. The molecular formula is C20H22ClN3O3. The summed E-state index contributed by atoms with van der Waals surface area (Å²) in [5.41, 5.74) is 0.562. The van der Waals surface area contributed by atoms with Crippen molar-refractivity contribution in [1.29, 1.82) is 0 Å². The molecule has 1 heterocycles. The molecule has 3 N–H and O–H groups in total. The molecule has 1 aromatic rings. The lowest BCUT2D eigenvalue weighted by Gasteiger charge is -2.45. The van der Waals surface area contributed by atoms with Gasteiger partial charge in [-0.25, -0.2) is 4.79 Å². The van der Waals surface area contributed by atoms with Gasteiger partial charge in [-0.2, -0.15) is 0 Å². The molecule has 4 fully saturated rings. The Morgan fingerprint density at radius 3 is 2.56 bits per heavy atom. The van der Waals surface area contributed by atoms with Crippen molar-refractivity contribution in [2.45, 2.75) is 50.1 Å². The maximum absolute atomic E-state index is 12.9. The van der Waals surface area contributed by atoms with E-state index in [1.54, 1.807) is 0 Å². The molecule has 1 saturated heterocycles. The van der Waals surface area contributed by atoms with Crippen molar-refractivity contribution in [2.75, 3.05) is 0 Å². The standard InChI is InChI=1S/C20H22ClN3O3/c21-13-3-1-2-11(8-13)15(14-4-5-19(14)6-7-19)22-16(25)12-9-20(10-12)17(26)23-18(27)24-20/h1-3,8,12,14-15H,4-7,9-10H2,(H,22,25)(H2,23,24,26,27). The lowest BCUT2D eigenvalue weighted by Crippen LogP contribution is -2.60. The van der Waals surface area contributed by atoms with Gasteiger partial charge >= 0.3 is 6.03 Å². The minimum absolute atomic E-state index is 0.0396. The molecule has 1 aliphatic heterocycles. The predicted octanol–water partition coefficient (Wildman–Crippen LogP) is 2.68. The predicted molar refractivity (Wildman–Crippen MR) is 98.9 cm³/mol. The Kier molecular flexibility index (Phi) is 3.60. The van der Waals surface area contributed by atoms with Gasteiger partial charge in [0.05, 0.1) is 6.04 Å². The first kappa shape index (κ1) is 17.0. The Bertz CT molecular complexity index is 845. The van der Waals surface area contributed by atoms with Gasteiger partial charge in [0.1, 0.15) is 5.54 Å². The molecule has 2 atom stereocenters. The van der Waals surface area contributed by atoms with E-state index in [-0.39, 0.29) is 23.8 Å². The Hall–Kier alpha value is -2.08. The van der Waals surface area contributed by atoms with E-state index in [2.05, 4.69) is 16.0 Å². The lowest BCUT2D eigenvalue weighted by atomic mass is 9.64. The van der Waals surface area contributed by atoms with Crippen LogP contribution in [0.25, 0.3) is 0 Å². The molecule has 0 radical (unpaired) electrons. The highest BCUT2D eigenvalue weighted by molar-refractivity contribution is 6.30. The van der Waals surface area contributed by atoms with Crippen molar-refractivity contribution in [1.82, 2.24) is 16.0 Å². The van der Waals surface area contributed by atoms with Crippen molar-refractivity contribution in [3.05, 3.63) is 34.9 Å². The first-order chi connectivity index (χ1) is 12.9. The summed E-state index contributed by atoms with van der Waals surface area (Å²) in [4.78, 5) is 36.3. The van der Waals surface area contributed by atoms with Gasteiger partial charge in [0, 0.05) is 10.9 Å². The average molecular weight is 388 g/mol. The van der Waals surface area contributed by atoms with Gasteiger partial charge in [-0.05, 0) is 67.6 Å². The molecule has 5 rings (SSSR count). The summed E-state index contributed by atoms with van der Waals surface area (Å²) in [6, 6.07) is 7.21. The number of urea groups is 1. The molecule has 7 heteroatoms. The number of carbonyl (C=O) groups excluding carboxylic acids is 3. The van der Waals surface area contributed by atoms with Crippen LogP contribution in [0.1, 0.15) is 50.1 Å². The van der Waals surface area contributed by atoms with Crippen LogP contribution in [0.5, 0.6) is 0 Å². The molecule has 0 aromatic heterocycles. The van der Waals surface area contributed by atoms with Crippen molar-refractivity contribution >= 4 is 29.4 Å². The van der Waals surface area contributed by atoms with Gasteiger partial charge in [-0.3, -0.25) is 14.9 Å². The number of amides is 4. The number of carbonyl (C=O) groups is 3. The minimum Gasteiger partial charge on any atom is -0.349 e. The zero-order valence-corrected chi connectivity index (χ0v) is 15.6. The normalized spacial score (nSPS) is 33.7. The number of hydrogen-bond donors (Lipinski definition) is 3. The largest absolute Gasteiger partial charge is 0.349 e. The average Bonchev–Trinajstić information content (AvgIpc) is 3.33. The molecule has 3 saturated carbocycles. The van der Waals surface area contributed by atoms with Gasteiger partial charge in [0.15, 0.2) is 0 Å². The summed E-state index contributed by atoms with van der Waals surface area (Å²) in [6.45, 7) is 0. The van der Waals surface area contributed by atoms with Gasteiger partial charge in [-0.15, -0.1) is 0 Å². The van der Waals surface area contributed by atoms with Crippen molar-refractivity contribution in [2.24, 2.45) is 17.3 Å². The van der Waals surface area contributed by atoms with E-state index in [1.807, 2.05) is 24.3 Å². The van der Waals surface area contributed by atoms with Crippen LogP contribution in [0.2, 0.25) is 5.02 Å². The summed E-state index contributed by atoms with van der Waals surface area (Å²) in [5.74, 6) is -0.171. The molecule has 142 valence electrons. The first-order valence-corrected chi connectivity index (χ1v) is 9.98. The number of imide groups is 1. The van der Waals surface area contributed by atoms with Crippen molar-refractivity contribution in [3.63, 3.8) is 0 Å². The van der Waals surface area contributed by atoms with Crippen LogP contribution in [0.4, 0.5) is 4.79 Å². The highest BCUT2D eigenvalue weighted by atomic mass is 35.5. The van der Waals surface area contributed by atoms with Crippen LogP contribution in [-0.4, -0.2) is 23.4 Å². The van der Waals surface area contributed by atoms with Gasteiger partial charge < -0.3 is 10.6 Å². The van der Waals surface area contributed by atoms with Crippen LogP contribution >= 0.6 is 11.6 Å². The summed E-state index contributed by atoms with van der Waals surface area (Å²) in [6.07, 6.45) is 5.55. The van der Waals surface area contributed by atoms with E-state index >= 15 is 0 Å². The van der Waals surface area contributed by atoms with Gasteiger partial charge in [0.25, 0.3) is 5.91 Å². The van der Waals surface area contributed by atoms with Crippen LogP contribution in [0, 0.1) is 17.3 Å². The van der Waals surface area contributed by atoms with E-state index in [4.69, 9.17) is 11.6 Å². The highest BCUT2D eigenvalue weighted by Crippen LogP contribution is 2.67. The maximum atomic E-state index is 12.9. The third-order valence-corrected chi connectivity index (χ3v) is 7.35. The summed E-state index contributed by atoms with van der Waals surface area (Å²) < 4.78 is 0. The number of benzene rings is 1. The Morgan fingerprint density at radius 1 is 1.22 bits per heavy atom. The number of rotatable bonds is 4. The number of nitrogens with one attached hydrogen (secondary N) is 3. The topological polar surface area (TPSA) is 87.3 Å². The van der Waals surface area contributed by atoms with Crippen LogP contribution in [-0.2, 0) is 9.59 Å². The maximum Gasteiger partial charge on any atom is 0.322 e. The second kappa shape index (κ2) is 5.71. The third kappa shape index (κ3) is 2.64. The molecule has 0 bridgehead atoms. The SMILES string of the molecule is O=C1NC(=O)C2(CC(C(=O)NC(c3cccc(Cl)c3)C3CCC34CC4)C2)N1. The van der Waals surface area contributed by atoms with E-state index in [1.165, 1.54) is 19.3 Å². The molecule has 2 spiro atoms. The first-order valence-electron chi connectivity index (χ1n) is 9.60. The molecule has 3 aliphatic carbocycles. The van der Waals surface area contributed by atoms with E-state index in [0.717, 1.165) is 12.0 Å². The zero-order valence-electron chi connectivity index (χ0n) is 14.9. The Balaban J connectivity index is 1.31. The fourth-order valence-electron chi connectivity index (χ4n) is 5.19. The minimum atomic E-state index is -0.890. The van der Waals surface area contributed by atoms with Crippen molar-refractivity contribution < 1.29 is 14.4 Å². The molecule has 27 heavy (non-hydrogen) atoms. The summed E-state index contributed by atoms with van der Waals surface area (Å²) in [7, 11) is 0. The second-order valence-electron chi connectivity index (χ2n) is 8.64. The number of hydrogen-bond acceptors (Lipinski definition) is 3. The zero-order chi connectivity index (χ0) is 18.8. The van der Waals surface area contributed by atoms with Gasteiger partial charge in [-0.1, -0.05) is 23.7 Å². The van der Waals surface area contributed by atoms with Crippen LogP contribution in [0.3, 0.4) is 0 Å². The Morgan fingerprint density at radius 2 is 2.00 bits per heavy atom. The summed E-state index contributed by atoms with van der Waals surface area (Å²) in [5, 5.41) is 8.85. The molecule has 1 aromatic carbocycles. The van der Waals surface area contributed by atoms with E-state index in [0.29, 0.717) is 29.2 Å². The molecule has 6 nitrogen and oxygen atoms in total. The fraction of sp³-hybridized carbons (Fsp3) is 0.550. The molecular weight excluding hydrogens is 366 g/mol. The monoisotopic (exact) mass is 387 g/mol. The quantitative estimate of drug-likeness (QED) is 0.694. The lowest BCUT2D eigenvalue weighted by molar-refractivity contribution is -0.137. The van der Waals surface area contributed by atoms with Crippen LogP contribution in [0.15, 0.2) is 24.3 Å². The van der Waals surface area contributed by atoms with E-state index < -0.39 is 11.6 Å². The Labute approximate surface area is 162 Å². The summed E-state index contributed by atoms with van der Waals surface area (Å²) >= 11 is 6.19. The van der Waals surface area contributed by atoms with E-state index in [9.17, 15) is 14.4 Å². The van der Waals surface area contributed by atoms with Gasteiger partial charge in [0.2, 0.25) is 5.91 Å². The molecule has 2 unspecified atom stereocenters. The third-order valence-electron chi connectivity index (χ3n) is 7.11.